The van der Waals surface area contributed by atoms with Crippen molar-refractivity contribution in [2.45, 2.75) is 12.8 Å². The zero-order valence-corrected chi connectivity index (χ0v) is 16.6. The normalized spacial score (nSPS) is 21.0. The summed E-state index contributed by atoms with van der Waals surface area (Å²) in [4.78, 5) is 18.7. The van der Waals surface area contributed by atoms with Crippen LogP contribution < -0.4 is 5.32 Å². The smallest absolute Gasteiger partial charge is 0.223 e. The highest BCUT2D eigenvalue weighted by atomic mass is 35.5. The first-order chi connectivity index (χ1) is 11.7. The lowest BCUT2D eigenvalue weighted by atomic mass is 10.0. The Hall–Kier alpha value is -1.27. The third-order valence-electron chi connectivity index (χ3n) is 4.98. The second kappa shape index (κ2) is 9.09. The summed E-state index contributed by atoms with van der Waals surface area (Å²) in [6, 6.07) is 7.44. The fraction of sp³-hybridized carbons (Fsp3) is 0.444. The van der Waals surface area contributed by atoms with Crippen molar-refractivity contribution < 1.29 is 9.21 Å². The van der Waals surface area contributed by atoms with Crippen LogP contribution in [0.2, 0.25) is 5.02 Å². The molecule has 1 amide bonds. The summed E-state index contributed by atoms with van der Waals surface area (Å²) >= 11 is 5.89. The van der Waals surface area contributed by atoms with Crippen molar-refractivity contribution >= 4 is 42.3 Å². The van der Waals surface area contributed by atoms with Crippen LogP contribution in [0.3, 0.4) is 0 Å². The molecule has 0 saturated carbocycles. The monoisotopic (exact) mass is 417 g/mol. The molecule has 0 unspecified atom stereocenters. The maximum absolute atomic E-state index is 12.4. The minimum Gasteiger partial charge on any atom is -0.441 e. The van der Waals surface area contributed by atoms with E-state index in [2.05, 4.69) is 10.3 Å². The Labute approximate surface area is 170 Å². The summed E-state index contributed by atoms with van der Waals surface area (Å²) in [7, 11) is 0. The van der Waals surface area contributed by atoms with Gasteiger partial charge in [-0.3, -0.25) is 4.79 Å². The van der Waals surface area contributed by atoms with E-state index in [0.29, 0.717) is 41.4 Å². The predicted octanol–water partition coefficient (Wildman–Crippen LogP) is 3.45. The van der Waals surface area contributed by atoms with Crippen molar-refractivity contribution in [1.29, 1.82) is 0 Å². The average Bonchev–Trinajstić information content (AvgIpc) is 3.29. The first-order valence-corrected chi connectivity index (χ1v) is 8.76. The van der Waals surface area contributed by atoms with Crippen LogP contribution >= 0.6 is 36.4 Å². The Balaban J connectivity index is 0.00000121. The van der Waals surface area contributed by atoms with Gasteiger partial charge in [0.25, 0.3) is 0 Å². The molecule has 2 aliphatic rings. The Morgan fingerprint density at radius 1 is 1.19 bits per heavy atom. The van der Waals surface area contributed by atoms with Gasteiger partial charge >= 0.3 is 0 Å². The number of carbonyl (C=O) groups excluding carboxylic acids is 1. The number of rotatable bonds is 4. The second-order valence-corrected chi connectivity index (χ2v) is 7.04. The summed E-state index contributed by atoms with van der Waals surface area (Å²) in [6.07, 6.45) is 2.69. The molecule has 3 heterocycles. The number of carbonyl (C=O) groups is 1. The second-order valence-electron chi connectivity index (χ2n) is 6.60. The van der Waals surface area contributed by atoms with Crippen LogP contribution in [0.1, 0.15) is 12.3 Å². The summed E-state index contributed by atoms with van der Waals surface area (Å²) in [6.45, 7) is 3.85. The van der Waals surface area contributed by atoms with E-state index in [1.54, 1.807) is 6.20 Å². The number of oxazole rings is 1. The van der Waals surface area contributed by atoms with Crippen LogP contribution in [0.5, 0.6) is 0 Å². The number of fused-ring (bicyclic) bond motifs is 1. The number of hydrogen-bond acceptors (Lipinski definition) is 4. The lowest BCUT2D eigenvalue weighted by Crippen LogP contribution is -2.32. The molecule has 0 bridgehead atoms. The first-order valence-electron chi connectivity index (χ1n) is 8.38. The Bertz CT molecular complexity index is 724. The number of benzene rings is 1. The molecule has 2 atom stereocenters. The van der Waals surface area contributed by atoms with Crippen molar-refractivity contribution in [3.63, 3.8) is 0 Å². The van der Waals surface area contributed by atoms with Gasteiger partial charge in [-0.2, -0.15) is 0 Å². The zero-order chi connectivity index (χ0) is 16.5. The van der Waals surface area contributed by atoms with Gasteiger partial charge in [-0.05, 0) is 36.1 Å². The molecule has 1 aromatic carbocycles. The van der Waals surface area contributed by atoms with E-state index in [4.69, 9.17) is 16.0 Å². The molecular weight excluding hydrogens is 397 g/mol. The van der Waals surface area contributed by atoms with E-state index >= 15 is 0 Å². The number of aryl methyl sites for hydroxylation is 1. The highest BCUT2D eigenvalue weighted by Crippen LogP contribution is 2.27. The molecule has 2 fully saturated rings. The summed E-state index contributed by atoms with van der Waals surface area (Å²) in [5.74, 6) is 2.78. The van der Waals surface area contributed by atoms with Gasteiger partial charge in [0.1, 0.15) is 0 Å². The molecule has 0 radical (unpaired) electrons. The topological polar surface area (TPSA) is 58.4 Å². The SMILES string of the molecule is Cl.Cl.O=C(CCc1ncc(-c2ccc(Cl)cc2)o1)N1C[C@H]2CNC[C@H]2C1. The molecule has 142 valence electrons. The molecule has 26 heavy (non-hydrogen) atoms. The molecular formula is C18H22Cl3N3O2. The third-order valence-corrected chi connectivity index (χ3v) is 5.23. The molecule has 2 saturated heterocycles. The van der Waals surface area contributed by atoms with Gasteiger partial charge in [-0.15, -0.1) is 24.8 Å². The highest BCUT2D eigenvalue weighted by Gasteiger charge is 2.37. The number of nitrogens with zero attached hydrogens (tertiary/aromatic N) is 2. The number of hydrogen-bond donors (Lipinski definition) is 1. The molecule has 4 rings (SSSR count). The zero-order valence-electron chi connectivity index (χ0n) is 14.2. The Morgan fingerprint density at radius 3 is 2.50 bits per heavy atom. The molecule has 8 heteroatoms. The fourth-order valence-corrected chi connectivity index (χ4v) is 3.73. The number of aromatic nitrogens is 1. The maximum atomic E-state index is 12.4. The summed E-state index contributed by atoms with van der Waals surface area (Å²) in [5, 5.41) is 4.08. The minimum absolute atomic E-state index is 0. The van der Waals surface area contributed by atoms with E-state index < -0.39 is 0 Å². The Morgan fingerprint density at radius 2 is 1.85 bits per heavy atom. The molecule has 1 aromatic heterocycles. The number of likely N-dealkylation sites (tertiary alicyclic amines) is 1. The molecule has 2 aliphatic heterocycles. The molecule has 0 aliphatic carbocycles. The number of nitrogens with one attached hydrogen (secondary N) is 1. The molecule has 5 nitrogen and oxygen atoms in total. The quantitative estimate of drug-likeness (QED) is 0.826. The van der Waals surface area contributed by atoms with E-state index in [0.717, 1.165) is 31.7 Å². The van der Waals surface area contributed by atoms with Gasteiger partial charge in [-0.1, -0.05) is 11.6 Å². The summed E-state index contributed by atoms with van der Waals surface area (Å²) < 4.78 is 5.76. The van der Waals surface area contributed by atoms with Crippen LogP contribution in [0.4, 0.5) is 0 Å². The number of amides is 1. The fourth-order valence-electron chi connectivity index (χ4n) is 3.60. The predicted molar refractivity (Wildman–Crippen MR) is 106 cm³/mol. The van der Waals surface area contributed by atoms with E-state index in [1.807, 2.05) is 29.2 Å². The summed E-state index contributed by atoms with van der Waals surface area (Å²) in [5.41, 5.74) is 0.935. The Kier molecular flexibility index (Phi) is 7.35. The van der Waals surface area contributed by atoms with Crippen molar-refractivity contribution in [2.24, 2.45) is 11.8 Å². The van der Waals surface area contributed by atoms with Crippen LogP contribution in [0, 0.1) is 11.8 Å². The van der Waals surface area contributed by atoms with Gasteiger partial charge in [0.15, 0.2) is 11.7 Å². The largest absolute Gasteiger partial charge is 0.441 e. The first kappa shape index (κ1) is 21.0. The molecule has 1 N–H and O–H groups in total. The van der Waals surface area contributed by atoms with Crippen LogP contribution in [-0.4, -0.2) is 42.0 Å². The van der Waals surface area contributed by atoms with Gasteiger partial charge < -0.3 is 14.6 Å². The van der Waals surface area contributed by atoms with Gasteiger partial charge in [-0.25, -0.2) is 4.98 Å². The third kappa shape index (κ3) is 4.52. The van der Waals surface area contributed by atoms with Crippen molar-refractivity contribution in [3.8, 4) is 11.3 Å². The van der Waals surface area contributed by atoms with Crippen LogP contribution in [0.25, 0.3) is 11.3 Å². The van der Waals surface area contributed by atoms with E-state index in [9.17, 15) is 4.79 Å². The highest BCUT2D eigenvalue weighted by molar-refractivity contribution is 6.30. The van der Waals surface area contributed by atoms with Crippen molar-refractivity contribution in [1.82, 2.24) is 15.2 Å². The standard InChI is InChI=1S/C18H20ClN3O2.2ClH/c19-15-3-1-12(2-4-15)16-9-21-17(24-16)5-6-18(23)22-10-13-7-20-8-14(13)11-22;;/h1-4,9,13-14,20H,5-8,10-11H2;2*1H/t13-,14+;;. The maximum Gasteiger partial charge on any atom is 0.223 e. The van der Waals surface area contributed by atoms with E-state index in [1.165, 1.54) is 0 Å². The van der Waals surface area contributed by atoms with Crippen molar-refractivity contribution in [2.75, 3.05) is 26.2 Å². The van der Waals surface area contributed by atoms with Crippen molar-refractivity contribution in [3.05, 3.63) is 41.4 Å². The van der Waals surface area contributed by atoms with Crippen LogP contribution in [-0.2, 0) is 11.2 Å². The lowest BCUT2D eigenvalue weighted by Gasteiger charge is -2.16. The van der Waals surface area contributed by atoms with Gasteiger partial charge in [0, 0.05) is 49.6 Å². The van der Waals surface area contributed by atoms with Gasteiger partial charge in [0.2, 0.25) is 5.91 Å². The average molecular weight is 419 g/mol. The van der Waals surface area contributed by atoms with Crippen LogP contribution in [0.15, 0.2) is 34.9 Å². The molecule has 0 spiro atoms. The van der Waals surface area contributed by atoms with E-state index in [-0.39, 0.29) is 30.7 Å². The number of halogens is 3. The lowest BCUT2D eigenvalue weighted by molar-refractivity contribution is -0.130. The molecule has 2 aromatic rings. The minimum atomic E-state index is 0. The van der Waals surface area contributed by atoms with Gasteiger partial charge in [0.05, 0.1) is 6.20 Å².